The molecule has 2 aliphatic rings. The smallest absolute Gasteiger partial charge is 0.316 e. The number of hydrogen-bond acceptors (Lipinski definition) is 5. The van der Waals surface area contributed by atoms with E-state index in [1.54, 1.807) is 0 Å². The molecule has 0 saturated heterocycles. The van der Waals surface area contributed by atoms with Crippen LogP contribution >= 0.6 is 0 Å². The summed E-state index contributed by atoms with van der Waals surface area (Å²) in [5.41, 5.74) is 2.83. The molecule has 1 unspecified atom stereocenters. The number of ether oxygens (including phenoxy) is 3. The zero-order valence-corrected chi connectivity index (χ0v) is 23.0. The van der Waals surface area contributed by atoms with Crippen LogP contribution in [0, 0.1) is 11.3 Å². The molecule has 1 heterocycles. The summed E-state index contributed by atoms with van der Waals surface area (Å²) < 4.78 is 17.4. The lowest BCUT2D eigenvalue weighted by molar-refractivity contribution is -0.143. The van der Waals surface area contributed by atoms with Crippen molar-refractivity contribution >= 4 is 11.9 Å². The molecular weight excluding hydrogens is 440 g/mol. The number of methoxy groups -OCH3 is 1. The van der Waals surface area contributed by atoms with Crippen molar-refractivity contribution in [3.8, 4) is 11.5 Å². The van der Waals surface area contributed by atoms with Crippen molar-refractivity contribution in [1.29, 1.82) is 0 Å². The van der Waals surface area contributed by atoms with Gasteiger partial charge in [0.15, 0.2) is 0 Å². The number of rotatable bonds is 8. The van der Waals surface area contributed by atoms with Crippen LogP contribution in [0.2, 0.25) is 0 Å². The third kappa shape index (κ3) is 6.48. The van der Waals surface area contributed by atoms with Crippen molar-refractivity contribution in [3.05, 3.63) is 34.9 Å². The SMILES string of the molecule is COC(=O)CCCCCC(C)(C)c1cc(OC(=O)C(C)(C)C)c2c(c1)OC(C)[C@@H]1CC=C(C)C[C@@H]21. The minimum absolute atomic E-state index is 0.111. The molecule has 1 aromatic carbocycles. The maximum atomic E-state index is 13.0. The minimum Gasteiger partial charge on any atom is -0.490 e. The third-order valence-electron chi connectivity index (χ3n) is 7.69. The highest BCUT2D eigenvalue weighted by atomic mass is 16.5. The summed E-state index contributed by atoms with van der Waals surface area (Å²) in [6, 6.07) is 4.26. The van der Waals surface area contributed by atoms with E-state index in [2.05, 4.69) is 45.9 Å². The van der Waals surface area contributed by atoms with Crippen LogP contribution in [-0.4, -0.2) is 25.2 Å². The van der Waals surface area contributed by atoms with Gasteiger partial charge in [0.1, 0.15) is 11.5 Å². The summed E-state index contributed by atoms with van der Waals surface area (Å²) in [6.07, 6.45) is 8.62. The Morgan fingerprint density at radius 2 is 1.80 bits per heavy atom. The van der Waals surface area contributed by atoms with Crippen LogP contribution in [0.1, 0.15) is 110 Å². The molecule has 0 radical (unpaired) electrons. The molecule has 194 valence electrons. The number of hydrogen-bond donors (Lipinski definition) is 0. The third-order valence-corrected chi connectivity index (χ3v) is 7.69. The second-order valence-electron chi connectivity index (χ2n) is 12.1. The molecule has 1 aliphatic carbocycles. The molecule has 1 aliphatic heterocycles. The van der Waals surface area contributed by atoms with Crippen molar-refractivity contribution in [2.24, 2.45) is 11.3 Å². The highest BCUT2D eigenvalue weighted by molar-refractivity contribution is 5.78. The van der Waals surface area contributed by atoms with Crippen LogP contribution in [0.5, 0.6) is 11.5 Å². The Morgan fingerprint density at radius 3 is 2.46 bits per heavy atom. The van der Waals surface area contributed by atoms with Crippen molar-refractivity contribution in [3.63, 3.8) is 0 Å². The summed E-state index contributed by atoms with van der Waals surface area (Å²) in [5, 5.41) is 0. The lowest BCUT2D eigenvalue weighted by Crippen LogP contribution is -2.36. The molecule has 3 rings (SSSR count). The standard InChI is InChI=1S/C30H44O5/c1-19-13-14-22-20(2)34-24-17-21(30(6,7)15-11-9-10-12-26(31)33-8)18-25(27(24)23(22)16-19)35-28(32)29(3,4)5/h13,17-18,20,22-23H,9-12,14-16H2,1-8H3/t20?,22-,23+/m0/s1. The number of carbonyl (C=O) groups excluding carboxylic acids is 2. The van der Waals surface area contributed by atoms with Crippen LogP contribution in [0.15, 0.2) is 23.8 Å². The first kappa shape index (κ1) is 27.3. The average Bonchev–Trinajstić information content (AvgIpc) is 2.77. The van der Waals surface area contributed by atoms with E-state index in [1.165, 1.54) is 12.7 Å². The molecule has 35 heavy (non-hydrogen) atoms. The lowest BCUT2D eigenvalue weighted by atomic mass is 9.70. The fraction of sp³-hybridized carbons (Fsp3) is 0.667. The summed E-state index contributed by atoms with van der Waals surface area (Å²) in [7, 11) is 1.43. The van der Waals surface area contributed by atoms with Gasteiger partial charge in [-0.2, -0.15) is 0 Å². The topological polar surface area (TPSA) is 61.8 Å². The normalized spacial score (nSPS) is 21.8. The molecule has 0 bridgehead atoms. The summed E-state index contributed by atoms with van der Waals surface area (Å²) in [4.78, 5) is 24.4. The number of esters is 2. The summed E-state index contributed by atoms with van der Waals surface area (Å²) >= 11 is 0. The highest BCUT2D eigenvalue weighted by Gasteiger charge is 2.41. The second-order valence-corrected chi connectivity index (χ2v) is 12.1. The van der Waals surface area contributed by atoms with Gasteiger partial charge in [0.25, 0.3) is 0 Å². The number of carbonyl (C=O) groups is 2. The van der Waals surface area contributed by atoms with Crippen molar-refractivity contribution in [1.82, 2.24) is 0 Å². The first-order valence-corrected chi connectivity index (χ1v) is 13.1. The van der Waals surface area contributed by atoms with E-state index in [-0.39, 0.29) is 29.4 Å². The Morgan fingerprint density at radius 1 is 1.09 bits per heavy atom. The predicted molar refractivity (Wildman–Crippen MR) is 139 cm³/mol. The minimum atomic E-state index is -0.595. The van der Waals surface area contributed by atoms with Gasteiger partial charge in [0.2, 0.25) is 0 Å². The fourth-order valence-electron chi connectivity index (χ4n) is 5.26. The lowest BCUT2D eigenvalue weighted by Gasteiger charge is -2.42. The van der Waals surface area contributed by atoms with Crippen LogP contribution < -0.4 is 9.47 Å². The molecule has 3 atom stereocenters. The van der Waals surface area contributed by atoms with E-state index in [4.69, 9.17) is 14.2 Å². The molecular formula is C30H44O5. The molecule has 0 N–H and O–H groups in total. The van der Waals surface area contributed by atoms with Crippen LogP contribution in [-0.2, 0) is 19.7 Å². The van der Waals surface area contributed by atoms with Crippen molar-refractivity contribution < 1.29 is 23.8 Å². The Hall–Kier alpha value is -2.30. The molecule has 0 spiro atoms. The van der Waals surface area contributed by atoms with Crippen molar-refractivity contribution in [2.75, 3.05) is 7.11 Å². The van der Waals surface area contributed by atoms with Gasteiger partial charge >= 0.3 is 11.9 Å². The summed E-state index contributed by atoms with van der Waals surface area (Å²) in [5.74, 6) is 1.82. The van der Waals surface area contributed by atoms with Gasteiger partial charge in [-0.15, -0.1) is 0 Å². The van der Waals surface area contributed by atoms with Gasteiger partial charge in [0.05, 0.1) is 18.6 Å². The van der Waals surface area contributed by atoms with E-state index in [9.17, 15) is 9.59 Å². The quantitative estimate of drug-likeness (QED) is 0.168. The number of fused-ring (bicyclic) bond motifs is 3. The Balaban J connectivity index is 1.92. The van der Waals surface area contributed by atoms with E-state index in [0.717, 1.165) is 55.4 Å². The largest absolute Gasteiger partial charge is 0.490 e. The zero-order chi connectivity index (χ0) is 26.0. The number of benzene rings is 1. The van der Waals surface area contributed by atoms with Crippen LogP contribution in [0.4, 0.5) is 0 Å². The summed E-state index contributed by atoms with van der Waals surface area (Å²) in [6.45, 7) is 14.5. The monoisotopic (exact) mass is 484 g/mol. The fourth-order valence-corrected chi connectivity index (χ4v) is 5.26. The maximum Gasteiger partial charge on any atom is 0.316 e. The zero-order valence-electron chi connectivity index (χ0n) is 23.0. The molecule has 5 nitrogen and oxygen atoms in total. The molecule has 1 aromatic rings. The predicted octanol–water partition coefficient (Wildman–Crippen LogP) is 7.26. The van der Waals surface area contributed by atoms with E-state index >= 15 is 0 Å². The highest BCUT2D eigenvalue weighted by Crippen LogP contribution is 2.52. The van der Waals surface area contributed by atoms with Gasteiger partial charge in [-0.25, -0.2) is 0 Å². The van der Waals surface area contributed by atoms with Crippen LogP contribution in [0.25, 0.3) is 0 Å². The van der Waals surface area contributed by atoms with Crippen molar-refractivity contribution in [2.45, 2.75) is 111 Å². The number of allylic oxidation sites excluding steroid dienone is 2. The first-order chi connectivity index (χ1) is 16.3. The molecule has 0 aromatic heterocycles. The molecule has 0 fully saturated rings. The van der Waals surface area contributed by atoms with E-state index < -0.39 is 5.41 Å². The van der Waals surface area contributed by atoms with E-state index in [0.29, 0.717) is 18.1 Å². The maximum absolute atomic E-state index is 13.0. The average molecular weight is 485 g/mol. The second kappa shape index (κ2) is 10.8. The van der Waals surface area contributed by atoms with Gasteiger partial charge in [0, 0.05) is 23.8 Å². The van der Waals surface area contributed by atoms with Gasteiger partial charge in [-0.3, -0.25) is 9.59 Å². The molecule has 5 heteroatoms. The Bertz CT molecular complexity index is 966. The Kier molecular flexibility index (Phi) is 8.39. The van der Waals surface area contributed by atoms with Gasteiger partial charge in [-0.05, 0) is 83.4 Å². The van der Waals surface area contributed by atoms with Gasteiger partial charge < -0.3 is 14.2 Å². The Labute approximate surface area is 211 Å². The van der Waals surface area contributed by atoms with E-state index in [1.807, 2.05) is 20.8 Å². The number of unbranched alkanes of at least 4 members (excludes halogenated alkanes) is 2. The first-order valence-electron chi connectivity index (χ1n) is 13.1. The molecule has 0 saturated carbocycles. The van der Waals surface area contributed by atoms with Gasteiger partial charge in [-0.1, -0.05) is 38.3 Å². The molecule has 0 amide bonds. The van der Waals surface area contributed by atoms with Crippen LogP contribution in [0.3, 0.4) is 0 Å².